The van der Waals surface area contributed by atoms with Gasteiger partial charge in [0.15, 0.2) is 11.5 Å². The van der Waals surface area contributed by atoms with Gasteiger partial charge in [0.05, 0.1) is 24.8 Å². The van der Waals surface area contributed by atoms with E-state index in [0.717, 1.165) is 12.8 Å². The number of aliphatic hydroxyl groups is 1. The van der Waals surface area contributed by atoms with Gasteiger partial charge in [-0.1, -0.05) is 19.4 Å². The Labute approximate surface area is 205 Å². The number of ether oxygens (including phenoxy) is 2. The Hall–Kier alpha value is -3.39. The Balaban J connectivity index is 2.12. The summed E-state index contributed by atoms with van der Waals surface area (Å²) in [5.74, 6) is -1.21. The first-order valence-corrected chi connectivity index (χ1v) is 11.9. The number of carbonyl (C=O) groups is 2. The molecule has 0 saturated carbocycles. The molecule has 35 heavy (non-hydrogen) atoms. The van der Waals surface area contributed by atoms with E-state index in [1.165, 1.54) is 29.2 Å². The van der Waals surface area contributed by atoms with Crippen LogP contribution in [0.5, 0.6) is 11.5 Å². The number of likely N-dealkylation sites (N-methyl/N-ethyl adjacent to an activating group) is 1. The highest BCUT2D eigenvalue weighted by Crippen LogP contribution is 2.42. The van der Waals surface area contributed by atoms with E-state index < -0.39 is 23.5 Å². The summed E-state index contributed by atoms with van der Waals surface area (Å²) in [5, 5.41) is 11.1. The van der Waals surface area contributed by atoms with Crippen molar-refractivity contribution in [3.8, 4) is 11.5 Å². The topological polar surface area (TPSA) is 79.3 Å². The molecule has 0 radical (unpaired) electrons. The second kappa shape index (κ2) is 11.8. The summed E-state index contributed by atoms with van der Waals surface area (Å²) in [6.07, 6.45) is 1.89. The third-order valence-electron chi connectivity index (χ3n) is 5.78. The van der Waals surface area contributed by atoms with Gasteiger partial charge in [-0.15, -0.1) is 0 Å². The fourth-order valence-electron chi connectivity index (χ4n) is 3.94. The zero-order chi connectivity index (χ0) is 25.5. The van der Waals surface area contributed by atoms with Gasteiger partial charge in [0, 0.05) is 18.7 Å². The number of likely N-dealkylation sites (tertiary alicyclic amines) is 1. The summed E-state index contributed by atoms with van der Waals surface area (Å²) in [6.45, 7) is 5.69. The van der Waals surface area contributed by atoms with E-state index in [1.54, 1.807) is 18.2 Å². The third kappa shape index (κ3) is 6.00. The van der Waals surface area contributed by atoms with Gasteiger partial charge in [-0.2, -0.15) is 0 Å². The van der Waals surface area contributed by atoms with Crippen LogP contribution in [0.1, 0.15) is 43.9 Å². The summed E-state index contributed by atoms with van der Waals surface area (Å²) < 4.78 is 25.1. The minimum absolute atomic E-state index is 0.0394. The lowest BCUT2D eigenvalue weighted by Crippen LogP contribution is -2.35. The Kier molecular flexibility index (Phi) is 8.87. The minimum Gasteiger partial charge on any atom is -0.507 e. The van der Waals surface area contributed by atoms with Crippen LogP contribution in [0.2, 0.25) is 0 Å². The van der Waals surface area contributed by atoms with Gasteiger partial charge >= 0.3 is 0 Å². The lowest BCUT2D eigenvalue weighted by Gasteiger charge is -2.27. The van der Waals surface area contributed by atoms with E-state index in [-0.39, 0.29) is 23.4 Å². The number of ketones is 1. The van der Waals surface area contributed by atoms with Crippen molar-refractivity contribution in [1.82, 2.24) is 9.80 Å². The van der Waals surface area contributed by atoms with Crippen molar-refractivity contribution < 1.29 is 28.6 Å². The quantitative estimate of drug-likeness (QED) is 0.221. The lowest BCUT2D eigenvalue weighted by atomic mass is 9.95. The molecule has 1 aliphatic heterocycles. The van der Waals surface area contributed by atoms with Gasteiger partial charge < -0.3 is 24.4 Å². The normalized spacial score (nSPS) is 17.3. The number of nitrogens with zero attached hydrogens (tertiary/aromatic N) is 2. The van der Waals surface area contributed by atoms with E-state index in [0.29, 0.717) is 36.8 Å². The molecule has 0 spiro atoms. The Morgan fingerprint density at radius 1 is 1.06 bits per heavy atom. The van der Waals surface area contributed by atoms with Gasteiger partial charge in [-0.25, -0.2) is 4.39 Å². The first kappa shape index (κ1) is 26.2. The molecule has 1 aliphatic rings. The van der Waals surface area contributed by atoms with Crippen molar-refractivity contribution in [2.75, 3.05) is 40.4 Å². The standard InChI is InChI=1S/C27H33FN2O5/c1-5-7-16-35-21-13-10-19(17-22(21)34-6-2)24-23(25(31)18-8-11-20(28)12-9-18)26(32)27(33)30(24)15-14-29(3)4/h8-13,17,24,31H,5-7,14-16H2,1-4H3. The fourth-order valence-corrected chi connectivity index (χ4v) is 3.94. The van der Waals surface area contributed by atoms with Gasteiger partial charge in [0.25, 0.3) is 11.7 Å². The Bertz CT molecular complexity index is 1080. The Morgan fingerprint density at radius 3 is 2.40 bits per heavy atom. The second-order valence-electron chi connectivity index (χ2n) is 8.64. The summed E-state index contributed by atoms with van der Waals surface area (Å²) in [6, 6.07) is 9.62. The van der Waals surface area contributed by atoms with Crippen molar-refractivity contribution in [2.45, 2.75) is 32.7 Å². The predicted octanol–water partition coefficient (Wildman–Crippen LogP) is 4.39. The maximum atomic E-state index is 13.5. The zero-order valence-corrected chi connectivity index (χ0v) is 20.7. The highest BCUT2D eigenvalue weighted by Gasteiger charge is 2.46. The molecule has 1 atom stereocenters. The minimum atomic E-state index is -0.830. The van der Waals surface area contributed by atoms with Gasteiger partial charge in [-0.3, -0.25) is 9.59 Å². The van der Waals surface area contributed by atoms with Gasteiger partial charge in [0.1, 0.15) is 11.6 Å². The molecule has 1 unspecified atom stereocenters. The zero-order valence-electron chi connectivity index (χ0n) is 20.7. The number of benzene rings is 2. The first-order valence-electron chi connectivity index (χ1n) is 11.9. The second-order valence-corrected chi connectivity index (χ2v) is 8.64. The molecular formula is C27H33FN2O5. The lowest BCUT2D eigenvalue weighted by molar-refractivity contribution is -0.140. The van der Waals surface area contributed by atoms with Crippen LogP contribution in [0.25, 0.3) is 5.76 Å². The smallest absolute Gasteiger partial charge is 0.295 e. The average Bonchev–Trinajstić information content (AvgIpc) is 3.08. The van der Waals surface area contributed by atoms with E-state index in [4.69, 9.17) is 9.47 Å². The molecule has 8 heteroatoms. The summed E-state index contributed by atoms with van der Waals surface area (Å²) in [4.78, 5) is 29.5. The number of aliphatic hydroxyl groups excluding tert-OH is 1. The number of halogens is 1. The molecule has 188 valence electrons. The van der Waals surface area contributed by atoms with E-state index >= 15 is 0 Å². The predicted molar refractivity (Wildman–Crippen MR) is 132 cm³/mol. The van der Waals surface area contributed by atoms with Crippen LogP contribution in [-0.2, 0) is 9.59 Å². The summed E-state index contributed by atoms with van der Waals surface area (Å²) >= 11 is 0. The monoisotopic (exact) mass is 484 g/mol. The number of unbranched alkanes of at least 4 members (excludes halogenated alkanes) is 1. The van der Waals surface area contributed by atoms with Crippen LogP contribution in [0.3, 0.4) is 0 Å². The SMILES string of the molecule is CCCCOc1ccc(C2C(=C(O)c3ccc(F)cc3)C(=O)C(=O)N2CCN(C)C)cc1OCC. The van der Waals surface area contributed by atoms with Crippen LogP contribution >= 0.6 is 0 Å². The van der Waals surface area contributed by atoms with Crippen LogP contribution in [-0.4, -0.2) is 67.0 Å². The molecule has 1 saturated heterocycles. The first-order chi connectivity index (χ1) is 16.8. The highest BCUT2D eigenvalue weighted by molar-refractivity contribution is 6.46. The highest BCUT2D eigenvalue weighted by atomic mass is 19.1. The number of hydrogen-bond acceptors (Lipinski definition) is 6. The fraction of sp³-hybridized carbons (Fsp3) is 0.407. The van der Waals surface area contributed by atoms with Crippen molar-refractivity contribution in [1.29, 1.82) is 0 Å². The van der Waals surface area contributed by atoms with Crippen LogP contribution in [0, 0.1) is 5.82 Å². The van der Waals surface area contributed by atoms with Crippen molar-refractivity contribution in [2.24, 2.45) is 0 Å². The van der Waals surface area contributed by atoms with E-state index in [2.05, 4.69) is 6.92 Å². The van der Waals surface area contributed by atoms with Crippen LogP contribution in [0.4, 0.5) is 4.39 Å². The molecule has 2 aromatic carbocycles. The molecule has 0 aromatic heterocycles. The van der Waals surface area contributed by atoms with Gasteiger partial charge in [0.2, 0.25) is 0 Å². The molecule has 0 aliphatic carbocycles. The van der Waals surface area contributed by atoms with E-state index in [1.807, 2.05) is 25.9 Å². The van der Waals surface area contributed by atoms with Crippen molar-refractivity contribution >= 4 is 17.4 Å². The van der Waals surface area contributed by atoms with Crippen molar-refractivity contribution in [3.05, 3.63) is 65.0 Å². The molecule has 1 N–H and O–H groups in total. The average molecular weight is 485 g/mol. The molecule has 1 fully saturated rings. The van der Waals surface area contributed by atoms with Crippen LogP contribution < -0.4 is 9.47 Å². The number of amides is 1. The Morgan fingerprint density at radius 2 is 1.77 bits per heavy atom. The van der Waals surface area contributed by atoms with Gasteiger partial charge in [-0.05, 0) is 69.4 Å². The number of Topliss-reactive ketones (excluding diaryl/α,β-unsaturated/α-hetero) is 1. The third-order valence-corrected chi connectivity index (χ3v) is 5.78. The molecule has 2 aromatic rings. The number of rotatable bonds is 11. The van der Waals surface area contributed by atoms with Crippen molar-refractivity contribution in [3.63, 3.8) is 0 Å². The maximum absolute atomic E-state index is 13.5. The van der Waals surface area contributed by atoms with E-state index in [9.17, 15) is 19.1 Å². The molecular weight excluding hydrogens is 451 g/mol. The van der Waals surface area contributed by atoms with Crippen LogP contribution in [0.15, 0.2) is 48.0 Å². The molecule has 0 bridgehead atoms. The molecule has 1 amide bonds. The summed E-state index contributed by atoms with van der Waals surface area (Å²) in [5.41, 5.74) is 0.826. The molecule has 7 nitrogen and oxygen atoms in total. The maximum Gasteiger partial charge on any atom is 0.295 e. The molecule has 1 heterocycles. The molecule has 3 rings (SSSR count). The number of carbonyl (C=O) groups excluding carboxylic acids is 2. The number of hydrogen-bond donors (Lipinski definition) is 1. The summed E-state index contributed by atoms with van der Waals surface area (Å²) in [7, 11) is 3.75. The largest absolute Gasteiger partial charge is 0.507 e.